The largest absolute Gasteiger partial charge is 0.397 e. The maximum absolute atomic E-state index is 12.8. The van der Waals surface area contributed by atoms with Crippen molar-refractivity contribution in [2.45, 2.75) is 26.4 Å². The number of nitrogens with one attached hydrogen (secondary N) is 2. The van der Waals surface area contributed by atoms with Gasteiger partial charge in [0.05, 0.1) is 11.4 Å². The Morgan fingerprint density at radius 1 is 1.03 bits per heavy atom. The summed E-state index contributed by atoms with van der Waals surface area (Å²) in [6.45, 7) is 7.32. The molecule has 0 aliphatic heterocycles. The average molecular weight is 456 g/mol. The third-order valence-electron chi connectivity index (χ3n) is 5.37. The van der Waals surface area contributed by atoms with E-state index in [1.165, 1.54) is 0 Å². The zero-order valence-electron chi connectivity index (χ0n) is 20.3. The van der Waals surface area contributed by atoms with Gasteiger partial charge in [0.25, 0.3) is 5.91 Å². The zero-order chi connectivity index (χ0) is 24.4. The van der Waals surface area contributed by atoms with Crippen LogP contribution in [-0.2, 0) is 6.54 Å². The molecule has 0 aliphatic carbocycles. The Morgan fingerprint density at radius 2 is 1.76 bits per heavy atom. The maximum atomic E-state index is 12.8. The Balaban J connectivity index is 1.99. The molecule has 0 atom stereocenters. The summed E-state index contributed by atoms with van der Waals surface area (Å²) in [5, 5.41) is 5.77. The van der Waals surface area contributed by atoms with Gasteiger partial charge in [0.1, 0.15) is 5.69 Å². The van der Waals surface area contributed by atoms with Crippen molar-refractivity contribution in [3.05, 3.63) is 53.9 Å². The number of aromatic nitrogens is 1. The molecule has 1 aromatic carbocycles. The van der Waals surface area contributed by atoms with E-state index in [2.05, 4.69) is 34.4 Å². The Labute approximate surface area is 196 Å². The SMILES string of the molecule is CC(C)N(C)CCNC(=O)N(CCN(C)C)Cc1ccc(C(=O)Nc2ccccc2N)nc1. The first-order chi connectivity index (χ1) is 15.7. The fourth-order valence-corrected chi connectivity index (χ4v) is 2.95. The van der Waals surface area contributed by atoms with Crippen LogP contribution in [0.3, 0.4) is 0 Å². The molecule has 1 heterocycles. The van der Waals surface area contributed by atoms with Gasteiger partial charge in [-0.25, -0.2) is 4.79 Å². The number of amides is 3. The van der Waals surface area contributed by atoms with Crippen LogP contribution in [0.1, 0.15) is 29.9 Å². The third kappa shape index (κ3) is 8.70. The van der Waals surface area contributed by atoms with Gasteiger partial charge in [0, 0.05) is 45.0 Å². The van der Waals surface area contributed by atoms with Crippen molar-refractivity contribution < 1.29 is 9.59 Å². The number of urea groups is 1. The van der Waals surface area contributed by atoms with Gasteiger partial charge in [-0.2, -0.15) is 0 Å². The number of benzene rings is 1. The number of pyridine rings is 1. The summed E-state index contributed by atoms with van der Waals surface area (Å²) in [6, 6.07) is 10.8. The molecule has 1 aromatic heterocycles. The van der Waals surface area contributed by atoms with Gasteiger partial charge in [0.2, 0.25) is 0 Å². The first-order valence-electron chi connectivity index (χ1n) is 11.2. The van der Waals surface area contributed by atoms with Crippen molar-refractivity contribution >= 4 is 23.3 Å². The lowest BCUT2D eigenvalue weighted by molar-refractivity contribution is 0.102. The molecule has 4 N–H and O–H groups in total. The summed E-state index contributed by atoms with van der Waals surface area (Å²) >= 11 is 0. The Morgan fingerprint density at radius 3 is 2.36 bits per heavy atom. The van der Waals surface area contributed by atoms with Crippen molar-refractivity contribution in [2.24, 2.45) is 0 Å². The summed E-state index contributed by atoms with van der Waals surface area (Å²) in [6.07, 6.45) is 1.63. The highest BCUT2D eigenvalue weighted by Crippen LogP contribution is 2.17. The lowest BCUT2D eigenvalue weighted by Gasteiger charge is -2.26. The zero-order valence-corrected chi connectivity index (χ0v) is 20.3. The van der Waals surface area contributed by atoms with Gasteiger partial charge < -0.3 is 31.1 Å². The van der Waals surface area contributed by atoms with E-state index >= 15 is 0 Å². The van der Waals surface area contributed by atoms with Crippen LogP contribution in [0.5, 0.6) is 0 Å². The number of anilines is 2. The van der Waals surface area contributed by atoms with Crippen molar-refractivity contribution in [1.82, 2.24) is 25.0 Å². The first kappa shape index (κ1) is 26.1. The number of hydrogen-bond donors (Lipinski definition) is 3. The van der Waals surface area contributed by atoms with E-state index in [0.717, 1.165) is 18.7 Å². The number of rotatable bonds is 11. The van der Waals surface area contributed by atoms with E-state index < -0.39 is 0 Å². The van der Waals surface area contributed by atoms with E-state index in [0.29, 0.717) is 37.1 Å². The fraction of sp³-hybridized carbons (Fsp3) is 0.458. The van der Waals surface area contributed by atoms with Crippen LogP contribution in [0.25, 0.3) is 0 Å². The summed E-state index contributed by atoms with van der Waals surface area (Å²) in [7, 11) is 5.99. The summed E-state index contributed by atoms with van der Waals surface area (Å²) in [5.74, 6) is -0.337. The average Bonchev–Trinajstić information content (AvgIpc) is 2.78. The molecular formula is C24H37N7O2. The first-order valence-corrected chi connectivity index (χ1v) is 11.2. The molecule has 9 heteroatoms. The molecule has 0 spiro atoms. The van der Waals surface area contributed by atoms with Crippen molar-refractivity contribution in [2.75, 3.05) is 58.4 Å². The van der Waals surface area contributed by atoms with Crippen molar-refractivity contribution in [3.63, 3.8) is 0 Å². The second kappa shape index (κ2) is 12.8. The number of carbonyl (C=O) groups excluding carboxylic acids is 2. The predicted molar refractivity (Wildman–Crippen MR) is 133 cm³/mol. The van der Waals surface area contributed by atoms with E-state index in [-0.39, 0.29) is 17.6 Å². The monoisotopic (exact) mass is 455 g/mol. The quantitative estimate of drug-likeness (QED) is 0.449. The smallest absolute Gasteiger partial charge is 0.317 e. The van der Waals surface area contributed by atoms with Crippen LogP contribution < -0.4 is 16.4 Å². The second-order valence-corrected chi connectivity index (χ2v) is 8.62. The molecule has 180 valence electrons. The lowest BCUT2D eigenvalue weighted by atomic mass is 10.2. The summed E-state index contributed by atoms with van der Waals surface area (Å²) < 4.78 is 0. The summed E-state index contributed by atoms with van der Waals surface area (Å²) in [5.41, 5.74) is 8.05. The van der Waals surface area contributed by atoms with Crippen LogP contribution in [-0.4, -0.2) is 85.0 Å². The summed E-state index contributed by atoms with van der Waals surface area (Å²) in [4.78, 5) is 35.6. The molecule has 2 rings (SSSR count). The van der Waals surface area contributed by atoms with Gasteiger partial charge in [-0.3, -0.25) is 9.78 Å². The van der Waals surface area contributed by atoms with Gasteiger partial charge in [-0.15, -0.1) is 0 Å². The molecule has 3 amide bonds. The second-order valence-electron chi connectivity index (χ2n) is 8.62. The van der Waals surface area contributed by atoms with Gasteiger partial charge >= 0.3 is 6.03 Å². The van der Waals surface area contributed by atoms with E-state index in [1.54, 1.807) is 41.4 Å². The number of hydrogen-bond acceptors (Lipinski definition) is 6. The predicted octanol–water partition coefficient (Wildman–Crippen LogP) is 2.33. The molecule has 9 nitrogen and oxygen atoms in total. The number of nitrogens with two attached hydrogens (primary N) is 1. The standard InChI is InChI=1S/C24H37N7O2/c1-18(2)30(5)13-12-26-24(33)31(15-14-29(3)4)17-19-10-11-22(27-16-19)23(32)28-21-9-7-6-8-20(21)25/h6-11,16,18H,12-15,17,25H2,1-5H3,(H,26,33)(H,28,32). The Hall–Kier alpha value is -3.17. The number of para-hydroxylation sites is 2. The number of likely N-dealkylation sites (N-methyl/N-ethyl adjacent to an activating group) is 2. The molecule has 0 bridgehead atoms. The molecule has 0 saturated carbocycles. The van der Waals surface area contributed by atoms with Crippen LogP contribution in [0.4, 0.5) is 16.2 Å². The van der Waals surface area contributed by atoms with E-state index in [9.17, 15) is 9.59 Å². The highest BCUT2D eigenvalue weighted by atomic mass is 16.2. The minimum Gasteiger partial charge on any atom is -0.397 e. The lowest BCUT2D eigenvalue weighted by Crippen LogP contribution is -2.45. The van der Waals surface area contributed by atoms with Crippen LogP contribution >= 0.6 is 0 Å². The fourth-order valence-electron chi connectivity index (χ4n) is 2.95. The van der Waals surface area contributed by atoms with E-state index in [4.69, 9.17) is 5.73 Å². The number of nitrogens with zero attached hydrogens (tertiary/aromatic N) is 4. The Kier molecular flexibility index (Phi) is 10.1. The highest BCUT2D eigenvalue weighted by Gasteiger charge is 2.16. The molecule has 0 saturated heterocycles. The minimum absolute atomic E-state index is 0.115. The number of carbonyl (C=O) groups is 2. The van der Waals surface area contributed by atoms with Gasteiger partial charge in [-0.1, -0.05) is 18.2 Å². The highest BCUT2D eigenvalue weighted by molar-refractivity contribution is 6.04. The van der Waals surface area contributed by atoms with Crippen LogP contribution in [0.15, 0.2) is 42.6 Å². The molecule has 33 heavy (non-hydrogen) atoms. The Bertz CT molecular complexity index is 900. The maximum Gasteiger partial charge on any atom is 0.317 e. The molecular weight excluding hydrogens is 418 g/mol. The molecule has 0 radical (unpaired) electrons. The molecule has 0 aliphatic rings. The topological polar surface area (TPSA) is 107 Å². The third-order valence-corrected chi connectivity index (χ3v) is 5.37. The van der Waals surface area contributed by atoms with E-state index in [1.807, 2.05) is 32.1 Å². The van der Waals surface area contributed by atoms with Gasteiger partial charge in [-0.05, 0) is 58.8 Å². The molecule has 0 unspecified atom stereocenters. The minimum atomic E-state index is -0.337. The number of nitrogen functional groups attached to an aromatic ring is 1. The molecule has 2 aromatic rings. The van der Waals surface area contributed by atoms with Crippen LogP contribution in [0, 0.1) is 0 Å². The van der Waals surface area contributed by atoms with Crippen molar-refractivity contribution in [3.8, 4) is 0 Å². The molecule has 0 fully saturated rings. The van der Waals surface area contributed by atoms with Crippen molar-refractivity contribution in [1.29, 1.82) is 0 Å². The van der Waals surface area contributed by atoms with Crippen LogP contribution in [0.2, 0.25) is 0 Å². The van der Waals surface area contributed by atoms with Gasteiger partial charge in [0.15, 0.2) is 0 Å². The normalized spacial score (nSPS) is 11.2.